The molecule has 3 N–H and O–H groups in total. The standard InChI is InChI=1S/C12H21N5/c1-2-17(10-6-4-3-5-7-10)12-9-14-8-11(15-12)16-13/h8-10H,2-7,13H2,1H3,(H,15,16). The minimum atomic E-state index is 0.607. The molecule has 1 aromatic heterocycles. The number of nitrogens with zero attached hydrogens (tertiary/aromatic N) is 3. The highest BCUT2D eigenvalue weighted by Gasteiger charge is 2.21. The van der Waals surface area contributed by atoms with Crippen LogP contribution in [0.15, 0.2) is 12.4 Å². The largest absolute Gasteiger partial charge is 0.353 e. The van der Waals surface area contributed by atoms with Crippen molar-refractivity contribution in [2.75, 3.05) is 16.9 Å². The van der Waals surface area contributed by atoms with Crippen LogP contribution in [0, 0.1) is 0 Å². The van der Waals surface area contributed by atoms with E-state index in [0.29, 0.717) is 11.9 Å². The Morgan fingerprint density at radius 1 is 1.35 bits per heavy atom. The topological polar surface area (TPSA) is 67.1 Å². The molecular formula is C12H21N5. The van der Waals surface area contributed by atoms with Crippen molar-refractivity contribution < 1.29 is 0 Å². The van der Waals surface area contributed by atoms with Crippen LogP contribution in [-0.2, 0) is 0 Å². The number of aromatic nitrogens is 2. The third-order valence-corrected chi connectivity index (χ3v) is 3.42. The third kappa shape index (κ3) is 2.85. The van der Waals surface area contributed by atoms with Crippen molar-refractivity contribution in [1.29, 1.82) is 0 Å². The highest BCUT2D eigenvalue weighted by molar-refractivity contribution is 5.44. The van der Waals surface area contributed by atoms with Crippen LogP contribution in [0.2, 0.25) is 0 Å². The number of hydrogen-bond acceptors (Lipinski definition) is 5. The van der Waals surface area contributed by atoms with Crippen molar-refractivity contribution in [2.24, 2.45) is 5.84 Å². The summed E-state index contributed by atoms with van der Waals surface area (Å²) < 4.78 is 0. The zero-order valence-corrected chi connectivity index (χ0v) is 10.4. The molecule has 0 atom stereocenters. The van der Waals surface area contributed by atoms with Gasteiger partial charge in [-0.15, -0.1) is 0 Å². The van der Waals surface area contributed by atoms with Gasteiger partial charge in [0.2, 0.25) is 0 Å². The van der Waals surface area contributed by atoms with Crippen LogP contribution in [0.25, 0.3) is 0 Å². The first-order valence-corrected chi connectivity index (χ1v) is 6.40. The molecule has 0 spiro atoms. The lowest BCUT2D eigenvalue weighted by Gasteiger charge is -2.34. The minimum Gasteiger partial charge on any atom is -0.353 e. The zero-order chi connectivity index (χ0) is 12.1. The molecule has 5 heteroatoms. The fraction of sp³-hybridized carbons (Fsp3) is 0.667. The van der Waals surface area contributed by atoms with Crippen LogP contribution in [0.5, 0.6) is 0 Å². The maximum atomic E-state index is 5.37. The fourth-order valence-electron chi connectivity index (χ4n) is 2.56. The summed E-state index contributed by atoms with van der Waals surface area (Å²) >= 11 is 0. The van der Waals surface area contributed by atoms with Gasteiger partial charge in [0.05, 0.1) is 12.4 Å². The van der Waals surface area contributed by atoms with Crippen molar-refractivity contribution in [3.05, 3.63) is 12.4 Å². The lowest BCUT2D eigenvalue weighted by atomic mass is 9.94. The van der Waals surface area contributed by atoms with E-state index in [4.69, 9.17) is 5.84 Å². The number of hydrogen-bond donors (Lipinski definition) is 2. The lowest BCUT2D eigenvalue weighted by molar-refractivity contribution is 0.416. The molecule has 0 radical (unpaired) electrons. The van der Waals surface area contributed by atoms with Gasteiger partial charge in [-0.2, -0.15) is 0 Å². The predicted molar refractivity (Wildman–Crippen MR) is 69.7 cm³/mol. The summed E-state index contributed by atoms with van der Waals surface area (Å²) in [4.78, 5) is 11.0. The van der Waals surface area contributed by atoms with Crippen LogP contribution in [0.1, 0.15) is 39.0 Å². The summed E-state index contributed by atoms with van der Waals surface area (Å²) in [5.74, 6) is 6.92. The molecular weight excluding hydrogens is 214 g/mol. The summed E-state index contributed by atoms with van der Waals surface area (Å²) in [6.07, 6.45) is 9.99. The van der Waals surface area contributed by atoms with Gasteiger partial charge in [-0.1, -0.05) is 19.3 Å². The maximum absolute atomic E-state index is 5.37. The van der Waals surface area contributed by atoms with Crippen LogP contribution in [-0.4, -0.2) is 22.6 Å². The van der Waals surface area contributed by atoms with E-state index in [-0.39, 0.29) is 0 Å². The molecule has 1 fully saturated rings. The second-order valence-corrected chi connectivity index (χ2v) is 4.48. The van der Waals surface area contributed by atoms with E-state index in [2.05, 4.69) is 27.2 Å². The van der Waals surface area contributed by atoms with Crippen LogP contribution in [0.4, 0.5) is 11.6 Å². The molecule has 0 amide bonds. The van der Waals surface area contributed by atoms with Crippen molar-refractivity contribution in [3.8, 4) is 0 Å². The molecule has 2 rings (SSSR count). The smallest absolute Gasteiger partial charge is 0.160 e. The quantitative estimate of drug-likeness (QED) is 0.616. The van der Waals surface area contributed by atoms with E-state index < -0.39 is 0 Å². The lowest BCUT2D eigenvalue weighted by Crippen LogP contribution is -2.37. The third-order valence-electron chi connectivity index (χ3n) is 3.42. The molecule has 1 aliphatic rings. The molecule has 1 aliphatic carbocycles. The molecule has 0 bridgehead atoms. The van der Waals surface area contributed by atoms with Gasteiger partial charge in [0.25, 0.3) is 0 Å². The van der Waals surface area contributed by atoms with E-state index in [9.17, 15) is 0 Å². The minimum absolute atomic E-state index is 0.607. The number of nitrogens with two attached hydrogens (primary N) is 1. The van der Waals surface area contributed by atoms with Crippen LogP contribution in [0.3, 0.4) is 0 Å². The van der Waals surface area contributed by atoms with Gasteiger partial charge >= 0.3 is 0 Å². The summed E-state index contributed by atoms with van der Waals surface area (Å²) in [6, 6.07) is 0.607. The van der Waals surface area contributed by atoms with E-state index in [1.807, 2.05) is 6.20 Å². The average Bonchev–Trinajstić information content (AvgIpc) is 2.41. The SMILES string of the molecule is CCN(c1cncc(NN)n1)C1CCCCC1. The highest BCUT2D eigenvalue weighted by Crippen LogP contribution is 2.26. The number of nitrogens with one attached hydrogen (secondary N) is 1. The first-order valence-electron chi connectivity index (χ1n) is 6.40. The summed E-state index contributed by atoms with van der Waals surface area (Å²) in [5, 5.41) is 0. The molecule has 1 heterocycles. The molecule has 0 aliphatic heterocycles. The Labute approximate surface area is 102 Å². The van der Waals surface area contributed by atoms with Gasteiger partial charge in [0, 0.05) is 12.6 Å². The fourth-order valence-corrected chi connectivity index (χ4v) is 2.56. The molecule has 0 unspecified atom stereocenters. The molecule has 17 heavy (non-hydrogen) atoms. The Hall–Kier alpha value is -1.36. The van der Waals surface area contributed by atoms with E-state index in [1.165, 1.54) is 32.1 Å². The molecule has 1 aromatic rings. The van der Waals surface area contributed by atoms with Crippen molar-refractivity contribution in [3.63, 3.8) is 0 Å². The zero-order valence-electron chi connectivity index (χ0n) is 10.4. The van der Waals surface area contributed by atoms with Gasteiger partial charge in [-0.05, 0) is 19.8 Å². The number of anilines is 2. The van der Waals surface area contributed by atoms with E-state index in [1.54, 1.807) is 6.20 Å². The Bertz CT molecular complexity index is 349. The van der Waals surface area contributed by atoms with Crippen LogP contribution >= 0.6 is 0 Å². The summed E-state index contributed by atoms with van der Waals surface area (Å²) in [7, 11) is 0. The molecule has 94 valence electrons. The van der Waals surface area contributed by atoms with E-state index >= 15 is 0 Å². The first kappa shape index (κ1) is 12.1. The number of rotatable bonds is 4. The Kier molecular flexibility index (Phi) is 4.14. The summed E-state index contributed by atoms with van der Waals surface area (Å²) in [5.41, 5.74) is 2.55. The monoisotopic (exact) mass is 235 g/mol. The second-order valence-electron chi connectivity index (χ2n) is 4.48. The molecule has 1 saturated carbocycles. The van der Waals surface area contributed by atoms with Crippen molar-refractivity contribution in [2.45, 2.75) is 45.1 Å². The first-order chi connectivity index (χ1) is 8.35. The van der Waals surface area contributed by atoms with Gasteiger partial charge in [-0.3, -0.25) is 4.98 Å². The second kappa shape index (κ2) is 5.82. The van der Waals surface area contributed by atoms with Crippen molar-refractivity contribution in [1.82, 2.24) is 9.97 Å². The highest BCUT2D eigenvalue weighted by atomic mass is 15.3. The average molecular weight is 235 g/mol. The van der Waals surface area contributed by atoms with Gasteiger partial charge in [-0.25, -0.2) is 10.8 Å². The van der Waals surface area contributed by atoms with Gasteiger partial charge in [0.15, 0.2) is 5.82 Å². The van der Waals surface area contributed by atoms with Gasteiger partial charge in [0.1, 0.15) is 5.82 Å². The predicted octanol–water partition coefficient (Wildman–Crippen LogP) is 1.92. The van der Waals surface area contributed by atoms with Crippen molar-refractivity contribution >= 4 is 11.6 Å². The molecule has 0 saturated heterocycles. The number of hydrazine groups is 1. The van der Waals surface area contributed by atoms with Crippen LogP contribution < -0.4 is 16.2 Å². The van der Waals surface area contributed by atoms with E-state index in [0.717, 1.165) is 12.4 Å². The molecule has 5 nitrogen and oxygen atoms in total. The normalized spacial score (nSPS) is 16.8. The summed E-state index contributed by atoms with van der Waals surface area (Å²) in [6.45, 7) is 3.13. The maximum Gasteiger partial charge on any atom is 0.160 e. The Balaban J connectivity index is 2.15. The Morgan fingerprint density at radius 3 is 2.76 bits per heavy atom. The van der Waals surface area contributed by atoms with Gasteiger partial charge < -0.3 is 10.3 Å². The Morgan fingerprint density at radius 2 is 2.12 bits per heavy atom. The number of nitrogen functional groups attached to an aromatic ring is 1. The molecule has 0 aromatic carbocycles.